The van der Waals surface area contributed by atoms with Gasteiger partial charge in [-0.2, -0.15) is 0 Å². The van der Waals surface area contributed by atoms with Gasteiger partial charge in [0.2, 0.25) is 0 Å². The summed E-state index contributed by atoms with van der Waals surface area (Å²) in [7, 11) is 0. The zero-order valence-corrected chi connectivity index (χ0v) is 14.7. The molecule has 0 saturated heterocycles. The fourth-order valence-electron chi connectivity index (χ4n) is 2.80. The van der Waals surface area contributed by atoms with Gasteiger partial charge in [-0.15, -0.1) is 0 Å². The minimum absolute atomic E-state index is 0.184. The van der Waals surface area contributed by atoms with Crippen LogP contribution in [0.25, 0.3) is 0 Å². The van der Waals surface area contributed by atoms with Crippen LogP contribution in [0.15, 0.2) is 48.5 Å². The average molecular weight is 357 g/mol. The first-order chi connectivity index (χ1) is 12.7. The molecule has 0 spiro atoms. The smallest absolute Gasteiger partial charge is 0.407 e. The predicted molar refractivity (Wildman–Crippen MR) is 96.2 cm³/mol. The van der Waals surface area contributed by atoms with E-state index in [-0.39, 0.29) is 6.61 Å². The Morgan fingerprint density at radius 2 is 1.88 bits per heavy atom. The van der Waals surface area contributed by atoms with Crippen molar-refractivity contribution in [3.05, 3.63) is 59.7 Å². The highest BCUT2D eigenvalue weighted by molar-refractivity contribution is 5.67. The summed E-state index contributed by atoms with van der Waals surface area (Å²) in [6, 6.07) is 14.3. The van der Waals surface area contributed by atoms with Crippen molar-refractivity contribution in [3.8, 4) is 11.5 Å². The Morgan fingerprint density at radius 3 is 2.62 bits per heavy atom. The lowest BCUT2D eigenvalue weighted by Crippen LogP contribution is -2.39. The van der Waals surface area contributed by atoms with E-state index in [0.717, 1.165) is 5.56 Å². The van der Waals surface area contributed by atoms with E-state index >= 15 is 0 Å². The molecule has 0 radical (unpaired) electrons. The number of ether oxygens (including phenoxy) is 3. The van der Waals surface area contributed by atoms with Crippen LogP contribution in [0.4, 0.5) is 4.79 Å². The first-order valence-electron chi connectivity index (χ1n) is 8.72. The minimum atomic E-state index is -0.875. The molecule has 0 fully saturated rings. The number of nitrogens with one attached hydrogen (secondary N) is 1. The molecule has 0 unspecified atom stereocenters. The van der Waals surface area contributed by atoms with Gasteiger partial charge >= 0.3 is 6.09 Å². The molecule has 1 heterocycles. The molecule has 6 heteroatoms. The molecule has 0 saturated carbocycles. The van der Waals surface area contributed by atoms with E-state index in [1.54, 1.807) is 18.2 Å². The Bertz CT molecular complexity index is 734. The van der Waals surface area contributed by atoms with Crippen molar-refractivity contribution in [3.63, 3.8) is 0 Å². The molecule has 2 aromatic carbocycles. The van der Waals surface area contributed by atoms with E-state index in [4.69, 9.17) is 14.2 Å². The maximum Gasteiger partial charge on any atom is 0.407 e. The van der Waals surface area contributed by atoms with Crippen LogP contribution in [-0.2, 0) is 11.3 Å². The average Bonchev–Trinajstić information content (AvgIpc) is 2.70. The Morgan fingerprint density at radius 1 is 1.15 bits per heavy atom. The molecule has 138 valence electrons. The molecule has 26 heavy (non-hydrogen) atoms. The lowest BCUT2D eigenvalue weighted by Gasteiger charge is -2.25. The molecular weight excluding hydrogens is 334 g/mol. The van der Waals surface area contributed by atoms with Crippen molar-refractivity contribution in [2.75, 3.05) is 13.2 Å². The maximum atomic E-state index is 12.1. The van der Waals surface area contributed by atoms with Crippen LogP contribution >= 0.6 is 0 Å². The van der Waals surface area contributed by atoms with E-state index in [1.165, 1.54) is 0 Å². The predicted octanol–water partition coefficient (Wildman–Crippen LogP) is 3.20. The molecule has 0 aromatic heterocycles. The summed E-state index contributed by atoms with van der Waals surface area (Å²) in [5, 5.41) is 13.4. The molecular formula is C20H23NO5. The van der Waals surface area contributed by atoms with E-state index in [9.17, 15) is 9.90 Å². The fraction of sp³-hybridized carbons (Fsp3) is 0.350. The van der Waals surface area contributed by atoms with Crippen LogP contribution < -0.4 is 14.8 Å². The van der Waals surface area contributed by atoms with Crippen LogP contribution in [0.1, 0.15) is 30.6 Å². The van der Waals surface area contributed by atoms with Crippen LogP contribution in [-0.4, -0.2) is 30.5 Å². The van der Waals surface area contributed by atoms with Crippen molar-refractivity contribution >= 4 is 6.09 Å². The highest BCUT2D eigenvalue weighted by Crippen LogP contribution is 2.33. The van der Waals surface area contributed by atoms with Crippen molar-refractivity contribution in [2.45, 2.75) is 32.1 Å². The van der Waals surface area contributed by atoms with E-state index in [2.05, 4.69) is 5.32 Å². The normalized spacial score (nSPS) is 15.0. The summed E-state index contributed by atoms with van der Waals surface area (Å²) in [5.41, 5.74) is 1.56. The molecule has 1 aliphatic rings. The number of benzene rings is 2. The second-order valence-corrected chi connectivity index (χ2v) is 6.07. The van der Waals surface area contributed by atoms with E-state index < -0.39 is 18.2 Å². The molecule has 2 N–H and O–H groups in total. The van der Waals surface area contributed by atoms with Gasteiger partial charge in [0.1, 0.15) is 19.8 Å². The molecule has 6 nitrogen and oxygen atoms in total. The SMILES string of the molecule is CC[C@@H](NC(=O)OCc1ccccc1)[C@H](O)c1ccc2c(c1)OCCO2. The summed E-state index contributed by atoms with van der Waals surface area (Å²) >= 11 is 0. The lowest BCUT2D eigenvalue weighted by atomic mass is 10.00. The van der Waals surface area contributed by atoms with Crippen LogP contribution in [0, 0.1) is 0 Å². The largest absolute Gasteiger partial charge is 0.486 e. The molecule has 2 aromatic rings. The Kier molecular flexibility index (Phi) is 5.96. The van der Waals surface area contributed by atoms with Gasteiger partial charge in [0, 0.05) is 0 Å². The van der Waals surface area contributed by atoms with Crippen molar-refractivity contribution in [1.29, 1.82) is 0 Å². The van der Waals surface area contributed by atoms with Crippen LogP contribution in [0.3, 0.4) is 0 Å². The Labute approximate surface area is 152 Å². The van der Waals surface area contributed by atoms with Gasteiger partial charge in [0.25, 0.3) is 0 Å². The third-order valence-corrected chi connectivity index (χ3v) is 4.24. The van der Waals surface area contributed by atoms with Crippen molar-refractivity contribution in [1.82, 2.24) is 5.32 Å². The minimum Gasteiger partial charge on any atom is -0.486 e. The Balaban J connectivity index is 1.59. The number of carbonyl (C=O) groups excluding carboxylic acids is 1. The molecule has 1 amide bonds. The topological polar surface area (TPSA) is 77.0 Å². The molecule has 2 atom stereocenters. The maximum absolute atomic E-state index is 12.1. The highest BCUT2D eigenvalue weighted by Gasteiger charge is 2.24. The van der Waals surface area contributed by atoms with Gasteiger partial charge in [-0.3, -0.25) is 0 Å². The summed E-state index contributed by atoms with van der Waals surface area (Å²) in [6.07, 6.45) is -0.881. The van der Waals surface area contributed by atoms with Gasteiger partial charge in [-0.05, 0) is 29.7 Å². The monoisotopic (exact) mass is 357 g/mol. The van der Waals surface area contributed by atoms with Gasteiger partial charge < -0.3 is 24.6 Å². The zero-order chi connectivity index (χ0) is 18.4. The number of alkyl carbamates (subject to hydrolysis) is 1. The number of fused-ring (bicyclic) bond motifs is 1. The Hall–Kier alpha value is -2.73. The highest BCUT2D eigenvalue weighted by atomic mass is 16.6. The van der Waals surface area contributed by atoms with Crippen molar-refractivity contribution < 1.29 is 24.1 Å². The van der Waals surface area contributed by atoms with Gasteiger partial charge in [0.15, 0.2) is 11.5 Å². The molecule has 0 bridgehead atoms. The summed E-state index contributed by atoms with van der Waals surface area (Å²) in [6.45, 7) is 3.07. The van der Waals surface area contributed by atoms with E-state index in [0.29, 0.717) is 36.7 Å². The number of amides is 1. The van der Waals surface area contributed by atoms with Crippen LogP contribution in [0.5, 0.6) is 11.5 Å². The third kappa shape index (κ3) is 4.46. The molecule has 3 rings (SSSR count). The quantitative estimate of drug-likeness (QED) is 0.830. The standard InChI is InChI=1S/C20H23NO5/c1-2-16(21-20(23)26-13-14-6-4-3-5-7-14)19(22)15-8-9-17-18(12-15)25-11-10-24-17/h3-9,12,16,19,22H,2,10-11,13H2,1H3,(H,21,23)/t16-,19-/m1/s1. The second kappa shape index (κ2) is 8.58. The summed E-state index contributed by atoms with van der Waals surface area (Å²) in [5.74, 6) is 1.27. The van der Waals surface area contributed by atoms with Crippen LogP contribution in [0.2, 0.25) is 0 Å². The third-order valence-electron chi connectivity index (χ3n) is 4.24. The summed E-state index contributed by atoms with van der Waals surface area (Å²) in [4.78, 5) is 12.1. The number of rotatable bonds is 6. The van der Waals surface area contributed by atoms with Gasteiger partial charge in [0.05, 0.1) is 12.1 Å². The number of carbonyl (C=O) groups is 1. The number of aliphatic hydroxyl groups is 1. The second-order valence-electron chi connectivity index (χ2n) is 6.07. The number of hydrogen-bond donors (Lipinski definition) is 2. The van der Waals surface area contributed by atoms with Gasteiger partial charge in [-0.25, -0.2) is 4.79 Å². The first-order valence-corrected chi connectivity index (χ1v) is 8.72. The first kappa shape index (κ1) is 18.1. The molecule has 1 aliphatic heterocycles. The summed E-state index contributed by atoms with van der Waals surface area (Å²) < 4.78 is 16.3. The number of aliphatic hydroxyl groups excluding tert-OH is 1. The van der Waals surface area contributed by atoms with Crippen molar-refractivity contribution in [2.24, 2.45) is 0 Å². The molecule has 0 aliphatic carbocycles. The number of hydrogen-bond acceptors (Lipinski definition) is 5. The van der Waals surface area contributed by atoms with E-state index in [1.807, 2.05) is 37.3 Å². The fourth-order valence-corrected chi connectivity index (χ4v) is 2.80. The van der Waals surface area contributed by atoms with Gasteiger partial charge in [-0.1, -0.05) is 43.3 Å². The zero-order valence-electron chi connectivity index (χ0n) is 14.7. The lowest BCUT2D eigenvalue weighted by molar-refractivity contribution is 0.0996.